The zero-order chi connectivity index (χ0) is 32.8. The van der Waals surface area contributed by atoms with Gasteiger partial charge in [0.2, 0.25) is 0 Å². The molecular formula is C36H36ClFN5NiO4. The second kappa shape index (κ2) is 14.1. The van der Waals surface area contributed by atoms with Crippen LogP contribution in [0.25, 0.3) is 32.9 Å². The maximum atomic E-state index is 16.7. The number of nitrogens with zero attached hydrogens (tertiary/aromatic N) is 5. The van der Waals surface area contributed by atoms with Gasteiger partial charge in [-0.1, -0.05) is 41.9 Å². The first-order chi connectivity index (χ1) is 22.8. The number of carbonyl (C=O) groups is 2. The SMILES string of the molecule is [CH2-]CC[C-](CC[CH2-])COc1nc(N2C[C@H]3CC[C@@H](C2)N3C(=O)[C@@H]2OC(=O)[C@H]2C)c2cnc(-c3cccc4cccc(Cl)c34)c(F)c2n1.[Ni+3]. The molecule has 0 N–H and O–H groups in total. The van der Waals surface area contributed by atoms with Crippen LogP contribution in [0.5, 0.6) is 6.01 Å². The van der Waals surface area contributed by atoms with Crippen molar-refractivity contribution >= 4 is 51.0 Å². The van der Waals surface area contributed by atoms with Gasteiger partial charge in [-0.15, -0.1) is 0 Å². The van der Waals surface area contributed by atoms with Gasteiger partial charge in [-0.2, -0.15) is 9.97 Å². The number of fused-ring (bicyclic) bond motifs is 4. The fraction of sp³-hybridized carbons (Fsp3) is 0.389. The molecule has 0 spiro atoms. The minimum Gasteiger partial charge on any atom is -0.496 e. The first kappa shape index (κ1) is 34.3. The van der Waals surface area contributed by atoms with Crippen LogP contribution in [-0.4, -0.2) is 69.6 Å². The molecule has 2 aromatic carbocycles. The first-order valence-electron chi connectivity index (χ1n) is 16.1. The molecule has 1 amide bonds. The van der Waals surface area contributed by atoms with Crippen LogP contribution >= 0.6 is 11.6 Å². The Morgan fingerprint density at radius 2 is 1.79 bits per heavy atom. The van der Waals surface area contributed by atoms with E-state index < -0.39 is 17.8 Å². The van der Waals surface area contributed by atoms with Crippen LogP contribution in [0.15, 0.2) is 42.6 Å². The van der Waals surface area contributed by atoms with Crippen LogP contribution < -0.4 is 9.64 Å². The molecule has 3 saturated heterocycles. The molecule has 12 heteroatoms. The number of piperazine rings is 1. The van der Waals surface area contributed by atoms with E-state index in [4.69, 9.17) is 26.1 Å². The van der Waals surface area contributed by atoms with Crippen molar-refractivity contribution in [2.45, 2.75) is 63.6 Å². The second-order valence-electron chi connectivity index (χ2n) is 12.6. The van der Waals surface area contributed by atoms with Gasteiger partial charge < -0.3 is 33.1 Å². The number of aromatic nitrogens is 3. The average Bonchev–Trinajstić information content (AvgIpc) is 3.34. The number of esters is 1. The van der Waals surface area contributed by atoms with Gasteiger partial charge in [-0.05, 0) is 37.8 Å². The smallest absolute Gasteiger partial charge is 0.496 e. The third-order valence-corrected chi connectivity index (χ3v) is 9.88. The van der Waals surface area contributed by atoms with Crippen molar-refractivity contribution < 1.29 is 39.9 Å². The topological polar surface area (TPSA) is 97.8 Å². The van der Waals surface area contributed by atoms with Crippen molar-refractivity contribution in [2.75, 3.05) is 24.6 Å². The number of cyclic esters (lactones) is 1. The number of benzene rings is 2. The number of carbonyl (C=O) groups excluding carboxylic acids is 2. The van der Waals surface area contributed by atoms with Gasteiger partial charge in [0.1, 0.15) is 22.9 Å². The van der Waals surface area contributed by atoms with E-state index in [2.05, 4.69) is 28.7 Å². The number of amides is 1. The predicted octanol–water partition coefficient (Wildman–Crippen LogP) is 6.56. The number of ether oxygens (including phenoxy) is 2. The van der Waals surface area contributed by atoms with Crippen LogP contribution in [0, 0.1) is 31.5 Å². The summed E-state index contributed by atoms with van der Waals surface area (Å²) in [4.78, 5) is 43.1. The Bertz CT molecular complexity index is 1840. The Labute approximate surface area is 294 Å². The fourth-order valence-electron chi connectivity index (χ4n) is 7.18. The molecule has 5 heterocycles. The number of anilines is 1. The van der Waals surface area contributed by atoms with E-state index in [1.54, 1.807) is 25.3 Å². The monoisotopic (exact) mass is 714 g/mol. The van der Waals surface area contributed by atoms with Crippen LogP contribution in [0.3, 0.4) is 0 Å². The molecule has 253 valence electrons. The van der Waals surface area contributed by atoms with E-state index in [1.807, 2.05) is 29.2 Å². The maximum absolute atomic E-state index is 16.7. The van der Waals surface area contributed by atoms with Crippen molar-refractivity contribution in [3.63, 3.8) is 0 Å². The molecule has 9 nitrogen and oxygen atoms in total. The van der Waals surface area contributed by atoms with Crippen molar-refractivity contribution in [2.24, 2.45) is 5.92 Å². The third kappa shape index (κ3) is 6.09. The average molecular weight is 716 g/mol. The van der Waals surface area contributed by atoms with Crippen molar-refractivity contribution in [1.82, 2.24) is 19.9 Å². The van der Waals surface area contributed by atoms with Crippen molar-refractivity contribution in [3.8, 4) is 17.3 Å². The zero-order valence-electron chi connectivity index (χ0n) is 26.6. The number of hydrogen-bond acceptors (Lipinski definition) is 8. The van der Waals surface area contributed by atoms with Crippen molar-refractivity contribution in [3.05, 3.63) is 73.2 Å². The molecule has 1 radical (unpaired) electrons. The molecule has 0 aliphatic carbocycles. The molecular weight excluding hydrogens is 680 g/mol. The Morgan fingerprint density at radius 1 is 1.10 bits per heavy atom. The minimum absolute atomic E-state index is 0. The van der Waals surface area contributed by atoms with Gasteiger partial charge >= 0.3 is 28.5 Å². The van der Waals surface area contributed by atoms with E-state index in [1.165, 1.54) is 0 Å². The standard InChI is InChI=1S/C36H36ClFN5O4.Ni/c1-4-8-21(9-5-2)19-46-36-40-31-26(16-39-30(29(31)38)25-12-6-10-22-11-7-13-27(37)28(22)25)33(41-36)42-17-23-14-15-24(18-42)43(23)34(44)32-20(3)35(45)47-32;/h6-7,10-13,16,20,23-24,32H,1-2,4-5,8-9,14-15,17-19H2,3H3;/q-3;+3/t20-,23-,24+,32+;/m0./s1. The summed E-state index contributed by atoms with van der Waals surface area (Å²) in [6.45, 7) is 10.9. The van der Waals surface area contributed by atoms with Crippen molar-refractivity contribution in [1.29, 1.82) is 0 Å². The number of pyridine rings is 1. The summed E-state index contributed by atoms with van der Waals surface area (Å²) in [6, 6.07) is 11.0. The molecule has 48 heavy (non-hydrogen) atoms. The second-order valence-corrected chi connectivity index (χ2v) is 13.0. The molecule has 0 saturated carbocycles. The summed E-state index contributed by atoms with van der Waals surface area (Å²) >= 11 is 6.61. The van der Waals surface area contributed by atoms with E-state index in [-0.39, 0.29) is 64.3 Å². The maximum Gasteiger partial charge on any atom is 3.00 e. The quantitative estimate of drug-likeness (QED) is 0.104. The minimum atomic E-state index is -0.738. The molecule has 4 atom stereocenters. The summed E-state index contributed by atoms with van der Waals surface area (Å²) in [5.74, 6) is 0.102. The fourth-order valence-corrected chi connectivity index (χ4v) is 7.46. The Hall–Kier alpha value is -3.56. The normalized spacial score (nSPS) is 21.8. The first-order valence-corrected chi connectivity index (χ1v) is 16.5. The van der Waals surface area contributed by atoms with Crippen LogP contribution in [0.4, 0.5) is 10.2 Å². The van der Waals surface area contributed by atoms with E-state index in [9.17, 15) is 9.59 Å². The Morgan fingerprint density at radius 3 is 2.44 bits per heavy atom. The van der Waals surface area contributed by atoms with E-state index in [0.717, 1.165) is 49.8 Å². The number of halogens is 2. The molecule has 3 aliphatic heterocycles. The van der Waals surface area contributed by atoms with Gasteiger partial charge in [0.15, 0.2) is 11.9 Å². The van der Waals surface area contributed by atoms with Crippen LogP contribution in [-0.2, 0) is 30.8 Å². The molecule has 2 bridgehead atoms. The largest absolute Gasteiger partial charge is 3.00 e. The summed E-state index contributed by atoms with van der Waals surface area (Å²) in [6.07, 6.45) is 5.51. The zero-order valence-corrected chi connectivity index (χ0v) is 28.3. The number of rotatable bonds is 10. The molecule has 4 aromatic rings. The van der Waals surface area contributed by atoms with Crippen LogP contribution in [0.2, 0.25) is 5.02 Å². The van der Waals surface area contributed by atoms with Crippen LogP contribution in [0.1, 0.15) is 45.4 Å². The van der Waals surface area contributed by atoms with Gasteiger partial charge in [0, 0.05) is 47.3 Å². The molecule has 7 rings (SSSR count). The van der Waals surface area contributed by atoms with Gasteiger partial charge in [0.05, 0.1) is 5.39 Å². The Balaban J connectivity index is 0.00000401. The van der Waals surface area contributed by atoms with Gasteiger partial charge in [-0.3, -0.25) is 20.5 Å². The Kier molecular flexibility index (Phi) is 10.1. The van der Waals surface area contributed by atoms with E-state index in [0.29, 0.717) is 40.3 Å². The van der Waals surface area contributed by atoms with Gasteiger partial charge in [-0.25, -0.2) is 30.1 Å². The van der Waals surface area contributed by atoms with E-state index >= 15 is 4.39 Å². The molecule has 2 aromatic heterocycles. The summed E-state index contributed by atoms with van der Waals surface area (Å²) in [5.41, 5.74) is 0.788. The predicted molar refractivity (Wildman–Crippen MR) is 178 cm³/mol. The molecule has 3 aliphatic rings. The number of hydrogen-bond donors (Lipinski definition) is 0. The van der Waals surface area contributed by atoms with Gasteiger partial charge in [0.25, 0.3) is 5.91 Å². The summed E-state index contributed by atoms with van der Waals surface area (Å²) < 4.78 is 28.1. The summed E-state index contributed by atoms with van der Waals surface area (Å²) in [5, 5.41) is 2.53. The summed E-state index contributed by atoms with van der Waals surface area (Å²) in [7, 11) is 0. The molecule has 3 fully saturated rings. The third-order valence-electron chi connectivity index (χ3n) is 9.57. The molecule has 0 unspecified atom stereocenters.